The van der Waals surface area contributed by atoms with E-state index in [0.29, 0.717) is 24.8 Å². The van der Waals surface area contributed by atoms with E-state index in [4.69, 9.17) is 5.11 Å². The zero-order valence-electron chi connectivity index (χ0n) is 15.4. The first-order valence-corrected chi connectivity index (χ1v) is 9.23. The largest absolute Gasteiger partial charge is 0.481 e. The fraction of sp³-hybridized carbons (Fsp3) is 0.600. The van der Waals surface area contributed by atoms with Gasteiger partial charge in [-0.05, 0) is 44.1 Å². The maximum Gasteiger partial charge on any atom is 0.318 e. The Kier molecular flexibility index (Phi) is 6.85. The molecule has 0 radical (unpaired) electrons. The van der Waals surface area contributed by atoms with Crippen molar-refractivity contribution in [2.24, 2.45) is 5.92 Å². The molecule has 2 atom stereocenters. The van der Waals surface area contributed by atoms with Crippen molar-refractivity contribution in [2.45, 2.75) is 71.0 Å². The zero-order valence-corrected chi connectivity index (χ0v) is 15.4. The van der Waals surface area contributed by atoms with Crippen LogP contribution in [-0.2, 0) is 11.2 Å². The lowest BCUT2D eigenvalue weighted by Gasteiger charge is -2.33. The van der Waals surface area contributed by atoms with E-state index in [9.17, 15) is 9.59 Å². The number of carbonyl (C=O) groups is 2. The predicted molar refractivity (Wildman–Crippen MR) is 98.5 cm³/mol. The molecule has 0 spiro atoms. The summed E-state index contributed by atoms with van der Waals surface area (Å²) in [6.45, 7) is 6.34. The Morgan fingerprint density at radius 1 is 1.20 bits per heavy atom. The van der Waals surface area contributed by atoms with Gasteiger partial charge in [0.15, 0.2) is 0 Å². The number of rotatable bonds is 9. The van der Waals surface area contributed by atoms with Crippen LogP contribution >= 0.6 is 0 Å². The maximum absolute atomic E-state index is 12.9. The van der Waals surface area contributed by atoms with Gasteiger partial charge in [-0.2, -0.15) is 0 Å². The Morgan fingerprint density at radius 2 is 1.84 bits per heavy atom. The van der Waals surface area contributed by atoms with Crippen molar-refractivity contribution in [1.82, 2.24) is 10.2 Å². The van der Waals surface area contributed by atoms with Crippen molar-refractivity contribution in [3.63, 3.8) is 0 Å². The van der Waals surface area contributed by atoms with Gasteiger partial charge in [0.25, 0.3) is 0 Å². The fourth-order valence-electron chi connectivity index (χ4n) is 3.03. The van der Waals surface area contributed by atoms with Crippen LogP contribution in [0.1, 0.15) is 52.0 Å². The van der Waals surface area contributed by atoms with E-state index in [-0.39, 0.29) is 24.5 Å². The van der Waals surface area contributed by atoms with Gasteiger partial charge in [-0.15, -0.1) is 0 Å². The number of nitrogens with one attached hydrogen (secondary N) is 1. The summed E-state index contributed by atoms with van der Waals surface area (Å²) in [5.74, 6) is -0.445. The molecule has 1 saturated carbocycles. The lowest BCUT2D eigenvalue weighted by Crippen LogP contribution is -2.51. The number of nitrogens with zero attached hydrogens (tertiary/aromatic N) is 1. The van der Waals surface area contributed by atoms with Crippen molar-refractivity contribution in [3.8, 4) is 0 Å². The highest BCUT2D eigenvalue weighted by Crippen LogP contribution is 2.30. The van der Waals surface area contributed by atoms with E-state index < -0.39 is 5.97 Å². The number of carboxylic acids is 1. The number of amides is 2. The molecule has 1 aromatic carbocycles. The van der Waals surface area contributed by atoms with E-state index in [1.807, 2.05) is 35.2 Å². The second-order valence-electron chi connectivity index (χ2n) is 7.39. The molecule has 25 heavy (non-hydrogen) atoms. The molecule has 1 aliphatic rings. The Hall–Kier alpha value is -2.04. The van der Waals surface area contributed by atoms with E-state index in [1.165, 1.54) is 0 Å². The first kappa shape index (κ1) is 19.3. The summed E-state index contributed by atoms with van der Waals surface area (Å²) in [5.41, 5.74) is 1.10. The molecular formula is C20H30N2O3. The number of hydrogen-bond acceptors (Lipinski definition) is 2. The van der Waals surface area contributed by atoms with Crippen LogP contribution in [0.4, 0.5) is 4.79 Å². The Balaban J connectivity index is 2.05. The highest BCUT2D eigenvalue weighted by atomic mass is 16.4. The summed E-state index contributed by atoms with van der Waals surface area (Å²) in [4.78, 5) is 25.8. The minimum absolute atomic E-state index is 0.0565. The van der Waals surface area contributed by atoms with E-state index in [0.717, 1.165) is 18.4 Å². The molecule has 0 bridgehead atoms. The molecule has 5 heteroatoms. The number of hydrogen-bond donors (Lipinski definition) is 2. The van der Waals surface area contributed by atoms with E-state index in [1.54, 1.807) is 0 Å². The van der Waals surface area contributed by atoms with Crippen LogP contribution in [-0.4, -0.2) is 40.1 Å². The van der Waals surface area contributed by atoms with Crippen molar-refractivity contribution in [1.29, 1.82) is 0 Å². The smallest absolute Gasteiger partial charge is 0.318 e. The third-order valence-corrected chi connectivity index (χ3v) is 4.94. The van der Waals surface area contributed by atoms with Crippen molar-refractivity contribution >= 4 is 12.0 Å². The van der Waals surface area contributed by atoms with Crippen molar-refractivity contribution in [3.05, 3.63) is 35.9 Å². The highest BCUT2D eigenvalue weighted by Gasteiger charge is 2.37. The summed E-state index contributed by atoms with van der Waals surface area (Å²) in [7, 11) is 0. The molecule has 2 rings (SSSR count). The minimum Gasteiger partial charge on any atom is -0.481 e. The number of aliphatic carboxylic acids is 1. The molecule has 1 aliphatic carbocycles. The van der Waals surface area contributed by atoms with Crippen LogP contribution in [0.5, 0.6) is 0 Å². The molecule has 2 amide bonds. The molecular weight excluding hydrogens is 316 g/mol. The quantitative estimate of drug-likeness (QED) is 0.716. The molecule has 138 valence electrons. The number of urea groups is 1. The number of benzene rings is 1. The summed E-state index contributed by atoms with van der Waals surface area (Å²) in [5, 5.41) is 12.1. The van der Waals surface area contributed by atoms with Gasteiger partial charge < -0.3 is 15.3 Å². The van der Waals surface area contributed by atoms with Gasteiger partial charge in [-0.3, -0.25) is 4.79 Å². The van der Waals surface area contributed by atoms with E-state index >= 15 is 0 Å². The summed E-state index contributed by atoms with van der Waals surface area (Å²) in [6, 6.07) is 10.2. The average Bonchev–Trinajstić information content (AvgIpc) is 3.38. The van der Waals surface area contributed by atoms with Crippen LogP contribution < -0.4 is 5.32 Å². The van der Waals surface area contributed by atoms with Gasteiger partial charge in [0.05, 0.1) is 0 Å². The molecule has 1 fully saturated rings. The molecule has 2 unspecified atom stereocenters. The minimum atomic E-state index is -0.832. The molecule has 0 heterocycles. The first-order chi connectivity index (χ1) is 11.9. The van der Waals surface area contributed by atoms with Gasteiger partial charge in [-0.25, -0.2) is 4.79 Å². The van der Waals surface area contributed by atoms with Gasteiger partial charge in [0, 0.05) is 24.5 Å². The molecule has 0 aromatic heterocycles. The average molecular weight is 346 g/mol. The fourth-order valence-corrected chi connectivity index (χ4v) is 3.03. The van der Waals surface area contributed by atoms with Crippen molar-refractivity contribution in [2.75, 3.05) is 0 Å². The van der Waals surface area contributed by atoms with Crippen LogP contribution in [0.25, 0.3) is 0 Å². The predicted octanol–water partition coefficient (Wildman–Crippen LogP) is 3.68. The second-order valence-corrected chi connectivity index (χ2v) is 7.39. The molecule has 2 N–H and O–H groups in total. The summed E-state index contributed by atoms with van der Waals surface area (Å²) < 4.78 is 0. The van der Waals surface area contributed by atoms with E-state index in [2.05, 4.69) is 26.1 Å². The highest BCUT2D eigenvalue weighted by molar-refractivity contribution is 5.76. The third-order valence-electron chi connectivity index (χ3n) is 4.94. The summed E-state index contributed by atoms with van der Waals surface area (Å²) >= 11 is 0. The lowest BCUT2D eigenvalue weighted by molar-refractivity contribution is -0.137. The SMILES string of the molecule is CC(C)C(C)N(C(=O)NC(CCC(=O)O)Cc1ccccc1)C1CC1. The monoisotopic (exact) mass is 346 g/mol. The van der Waals surface area contributed by atoms with Gasteiger partial charge in [0.1, 0.15) is 0 Å². The van der Waals surface area contributed by atoms with Crippen LogP contribution in [0.15, 0.2) is 30.3 Å². The Morgan fingerprint density at radius 3 is 2.36 bits per heavy atom. The normalized spacial score (nSPS) is 16.3. The topological polar surface area (TPSA) is 69.6 Å². The first-order valence-electron chi connectivity index (χ1n) is 9.23. The second kappa shape index (κ2) is 8.88. The molecule has 1 aromatic rings. The number of carboxylic acid groups (broad SMARTS) is 1. The maximum atomic E-state index is 12.9. The van der Waals surface area contributed by atoms with Crippen LogP contribution in [0.3, 0.4) is 0 Å². The van der Waals surface area contributed by atoms with Crippen LogP contribution in [0.2, 0.25) is 0 Å². The van der Waals surface area contributed by atoms with Crippen molar-refractivity contribution < 1.29 is 14.7 Å². The van der Waals surface area contributed by atoms with Gasteiger partial charge in [-0.1, -0.05) is 44.2 Å². The third kappa shape index (κ3) is 6.07. The number of carbonyl (C=O) groups excluding carboxylic acids is 1. The molecule has 0 aliphatic heterocycles. The summed E-state index contributed by atoms with van der Waals surface area (Å²) in [6.07, 6.45) is 3.26. The zero-order chi connectivity index (χ0) is 18.4. The van der Waals surface area contributed by atoms with Crippen LogP contribution in [0, 0.1) is 5.92 Å². The van der Waals surface area contributed by atoms with Gasteiger partial charge >= 0.3 is 12.0 Å². The Bertz CT molecular complexity index is 570. The standard InChI is InChI=1S/C20H30N2O3/c1-14(2)15(3)22(18-10-11-18)20(25)21-17(9-12-19(23)24)13-16-7-5-4-6-8-16/h4-8,14-15,17-18H,9-13H2,1-3H3,(H,21,25)(H,23,24). The lowest BCUT2D eigenvalue weighted by atomic mass is 10.0. The van der Waals surface area contributed by atoms with Gasteiger partial charge in [0.2, 0.25) is 0 Å². The Labute approximate surface area is 150 Å². The molecule has 0 saturated heterocycles. The molecule has 5 nitrogen and oxygen atoms in total.